The van der Waals surface area contributed by atoms with Crippen molar-refractivity contribution >= 4 is 17.7 Å². The second-order valence-electron chi connectivity index (χ2n) is 5.77. The first-order valence-corrected chi connectivity index (χ1v) is 8.22. The number of ether oxygens (including phenoxy) is 1. The Kier molecular flexibility index (Phi) is 7.34. The molecule has 1 heteroatoms. The Bertz CT molecular complexity index is 562. The summed E-state index contributed by atoms with van der Waals surface area (Å²) in [5.74, 6) is 0. The van der Waals surface area contributed by atoms with Crippen molar-refractivity contribution in [3.63, 3.8) is 0 Å². The van der Waals surface area contributed by atoms with E-state index in [1.54, 1.807) is 0 Å². The molecule has 0 heterocycles. The van der Waals surface area contributed by atoms with Crippen molar-refractivity contribution in [3.8, 4) is 0 Å². The molecule has 0 spiro atoms. The minimum absolute atomic E-state index is 0.0645. The Labute approximate surface area is 136 Å². The molecule has 22 heavy (non-hydrogen) atoms. The van der Waals surface area contributed by atoms with Crippen LogP contribution in [0.1, 0.15) is 63.8 Å². The van der Waals surface area contributed by atoms with Crippen molar-refractivity contribution < 1.29 is 4.74 Å². The normalized spacial score (nSPS) is 13.9. The summed E-state index contributed by atoms with van der Waals surface area (Å²) in [5, 5.41) is 0. The largest absolute Gasteiger partial charge is 0.371 e. The summed E-state index contributed by atoms with van der Waals surface area (Å²) in [6.07, 6.45) is 9.66. The fourth-order valence-electron chi connectivity index (χ4n) is 2.83. The van der Waals surface area contributed by atoms with Crippen LogP contribution in [0.25, 0.3) is 17.7 Å². The third-order valence-corrected chi connectivity index (χ3v) is 3.79. The number of aryl methyl sites for hydroxylation is 1. The van der Waals surface area contributed by atoms with Crippen molar-refractivity contribution in [2.45, 2.75) is 60.2 Å². The molecule has 0 N–H and O–H groups in total. The maximum atomic E-state index is 5.99. The number of hydrogen-bond donors (Lipinski definition) is 0. The molecule has 0 aromatic heterocycles. The van der Waals surface area contributed by atoms with E-state index in [-0.39, 0.29) is 12.2 Å². The van der Waals surface area contributed by atoms with E-state index in [4.69, 9.17) is 4.74 Å². The Balaban J connectivity index is 3.42. The van der Waals surface area contributed by atoms with Gasteiger partial charge in [0.05, 0.1) is 12.2 Å². The van der Waals surface area contributed by atoms with E-state index in [2.05, 4.69) is 78.5 Å². The van der Waals surface area contributed by atoms with Gasteiger partial charge in [0.1, 0.15) is 0 Å². The van der Waals surface area contributed by atoms with Crippen molar-refractivity contribution in [3.05, 3.63) is 53.1 Å². The molecule has 0 aliphatic rings. The first kappa shape index (κ1) is 18.4. The monoisotopic (exact) mass is 298 g/mol. The van der Waals surface area contributed by atoms with Crippen molar-refractivity contribution in [1.29, 1.82) is 0 Å². The molecule has 0 fully saturated rings. The molecular formula is C21H30O. The minimum atomic E-state index is 0.0645. The van der Waals surface area contributed by atoms with Crippen LogP contribution in [0.3, 0.4) is 0 Å². The van der Waals surface area contributed by atoms with Gasteiger partial charge < -0.3 is 4.74 Å². The van der Waals surface area contributed by atoms with E-state index >= 15 is 0 Å². The highest BCUT2D eigenvalue weighted by Crippen LogP contribution is 2.29. The third kappa shape index (κ3) is 4.45. The van der Waals surface area contributed by atoms with Gasteiger partial charge in [-0.15, -0.1) is 0 Å². The van der Waals surface area contributed by atoms with Crippen molar-refractivity contribution in [2.75, 3.05) is 0 Å². The summed E-state index contributed by atoms with van der Waals surface area (Å²) in [6.45, 7) is 16.6. The van der Waals surface area contributed by atoms with Crippen LogP contribution in [-0.2, 0) is 11.2 Å². The molecule has 1 aromatic rings. The topological polar surface area (TPSA) is 9.23 Å². The molecule has 120 valence electrons. The lowest BCUT2D eigenvalue weighted by molar-refractivity contribution is 0.0515. The van der Waals surface area contributed by atoms with Gasteiger partial charge in [0, 0.05) is 0 Å². The molecule has 0 saturated heterocycles. The second-order valence-corrected chi connectivity index (χ2v) is 5.77. The van der Waals surface area contributed by atoms with Crippen LogP contribution in [0.5, 0.6) is 0 Å². The molecule has 1 rings (SSSR count). The minimum Gasteiger partial charge on any atom is -0.371 e. The molecule has 0 aliphatic carbocycles. The number of hydrogen-bond acceptors (Lipinski definition) is 1. The van der Waals surface area contributed by atoms with Crippen molar-refractivity contribution in [1.82, 2.24) is 0 Å². The summed E-state index contributed by atoms with van der Waals surface area (Å²) in [6, 6.07) is 4.52. The first-order chi connectivity index (χ1) is 10.5. The molecule has 0 bridgehead atoms. The van der Waals surface area contributed by atoms with Crippen LogP contribution in [0.2, 0.25) is 0 Å². The maximum Gasteiger partial charge on any atom is 0.0803 e. The highest BCUT2D eigenvalue weighted by molar-refractivity contribution is 5.78. The summed E-state index contributed by atoms with van der Waals surface area (Å²) < 4.78 is 5.99. The Hall–Kier alpha value is -1.60. The van der Waals surface area contributed by atoms with Gasteiger partial charge in [0.2, 0.25) is 0 Å². The van der Waals surface area contributed by atoms with Gasteiger partial charge >= 0.3 is 0 Å². The smallest absolute Gasteiger partial charge is 0.0803 e. The van der Waals surface area contributed by atoms with Gasteiger partial charge in [-0.1, -0.05) is 43.9 Å². The van der Waals surface area contributed by atoms with E-state index in [0.717, 1.165) is 6.42 Å². The highest BCUT2D eigenvalue weighted by Gasteiger charge is 2.16. The van der Waals surface area contributed by atoms with E-state index in [1.165, 1.54) is 27.8 Å². The Morgan fingerprint density at radius 2 is 1.86 bits per heavy atom. The molecular weight excluding hydrogens is 268 g/mol. The van der Waals surface area contributed by atoms with Crippen LogP contribution in [-0.4, -0.2) is 12.2 Å². The molecule has 1 nitrogen and oxygen atoms in total. The fourth-order valence-corrected chi connectivity index (χ4v) is 2.83. The zero-order chi connectivity index (χ0) is 16.7. The molecule has 0 radical (unpaired) electrons. The van der Waals surface area contributed by atoms with Crippen LogP contribution in [0.4, 0.5) is 0 Å². The summed E-state index contributed by atoms with van der Waals surface area (Å²) in [4.78, 5) is 0. The molecule has 1 aromatic carbocycles. The standard InChI is InChI=1S/C21H30O/c1-8-12-19-14-21(18(10-3)13-17(19)9-2)20(11-4)16(7)22-15(5)6/h8,10-16H,3,9H2,1-2,4-7H3/b12-8-,20-11-. The predicted octanol–water partition coefficient (Wildman–Crippen LogP) is 6.14. The summed E-state index contributed by atoms with van der Waals surface area (Å²) in [7, 11) is 0. The number of benzene rings is 1. The second kappa shape index (κ2) is 8.75. The van der Waals surface area contributed by atoms with E-state index < -0.39 is 0 Å². The average molecular weight is 298 g/mol. The van der Waals surface area contributed by atoms with Crippen LogP contribution in [0.15, 0.2) is 30.9 Å². The molecule has 1 atom stereocenters. The van der Waals surface area contributed by atoms with Crippen molar-refractivity contribution in [2.24, 2.45) is 0 Å². The zero-order valence-corrected chi connectivity index (χ0v) is 14.9. The quantitative estimate of drug-likeness (QED) is 0.587. The third-order valence-electron chi connectivity index (χ3n) is 3.79. The van der Waals surface area contributed by atoms with Crippen LogP contribution < -0.4 is 0 Å². The van der Waals surface area contributed by atoms with Gasteiger partial charge in [0.15, 0.2) is 0 Å². The Morgan fingerprint density at radius 3 is 2.32 bits per heavy atom. The van der Waals surface area contributed by atoms with Gasteiger partial charge in [-0.25, -0.2) is 0 Å². The molecule has 0 saturated carbocycles. The average Bonchev–Trinajstić information content (AvgIpc) is 2.47. The number of rotatable bonds is 7. The maximum absolute atomic E-state index is 5.99. The molecule has 0 amide bonds. The summed E-state index contributed by atoms with van der Waals surface area (Å²) in [5.41, 5.74) is 6.25. The lowest BCUT2D eigenvalue weighted by Gasteiger charge is -2.22. The summed E-state index contributed by atoms with van der Waals surface area (Å²) >= 11 is 0. The van der Waals surface area contributed by atoms with Crippen LogP contribution in [0, 0.1) is 0 Å². The van der Waals surface area contributed by atoms with Gasteiger partial charge in [0.25, 0.3) is 0 Å². The zero-order valence-electron chi connectivity index (χ0n) is 14.9. The van der Waals surface area contributed by atoms with E-state index in [1.807, 2.05) is 6.08 Å². The van der Waals surface area contributed by atoms with Gasteiger partial charge in [-0.2, -0.15) is 0 Å². The highest BCUT2D eigenvalue weighted by atomic mass is 16.5. The predicted molar refractivity (Wildman–Crippen MR) is 100.0 cm³/mol. The van der Waals surface area contributed by atoms with E-state index in [0.29, 0.717) is 0 Å². The first-order valence-electron chi connectivity index (χ1n) is 8.22. The lowest BCUT2D eigenvalue weighted by Crippen LogP contribution is -2.16. The SMILES string of the molecule is C=Cc1cc(CC)c(/C=C\C)cc1/C(=C\C)C(C)OC(C)C. The van der Waals surface area contributed by atoms with Gasteiger partial charge in [-0.3, -0.25) is 0 Å². The van der Waals surface area contributed by atoms with Crippen LogP contribution >= 0.6 is 0 Å². The lowest BCUT2D eigenvalue weighted by atomic mass is 9.90. The fraction of sp³-hybridized carbons (Fsp3) is 0.429. The van der Waals surface area contributed by atoms with E-state index in [9.17, 15) is 0 Å². The molecule has 1 unspecified atom stereocenters. The van der Waals surface area contributed by atoms with Gasteiger partial charge in [-0.05, 0) is 74.9 Å². The molecule has 0 aliphatic heterocycles. The number of allylic oxidation sites excluding steroid dienone is 2. The Morgan fingerprint density at radius 1 is 1.18 bits per heavy atom.